The number of nitrogens with zero attached hydrogens (tertiary/aromatic N) is 2. The Morgan fingerprint density at radius 1 is 1.20 bits per heavy atom. The number of hydrogen-bond donors (Lipinski definition) is 1. The summed E-state index contributed by atoms with van der Waals surface area (Å²) in [6.45, 7) is 2.12. The van der Waals surface area contributed by atoms with Gasteiger partial charge in [-0.05, 0) is 61.6 Å². The van der Waals surface area contributed by atoms with Crippen molar-refractivity contribution in [1.82, 2.24) is 5.06 Å². The molecule has 2 atom stereocenters. The van der Waals surface area contributed by atoms with Gasteiger partial charge in [0, 0.05) is 6.42 Å². The third-order valence-corrected chi connectivity index (χ3v) is 5.84. The van der Waals surface area contributed by atoms with Crippen LogP contribution in [-0.4, -0.2) is 53.5 Å². The van der Waals surface area contributed by atoms with Gasteiger partial charge in [0.05, 0.1) is 13.7 Å². The van der Waals surface area contributed by atoms with Crippen molar-refractivity contribution in [3.63, 3.8) is 0 Å². The Hall–Kier alpha value is -3.25. The summed E-state index contributed by atoms with van der Waals surface area (Å²) in [5.41, 5.74) is 0.412. The lowest BCUT2D eigenvalue weighted by molar-refractivity contribution is -0.781. The molecule has 0 heterocycles. The minimum absolute atomic E-state index is 0.160. The highest BCUT2D eigenvalue weighted by molar-refractivity contribution is 5.69. The molecule has 1 saturated carbocycles. The van der Waals surface area contributed by atoms with E-state index in [1.807, 2.05) is 0 Å². The summed E-state index contributed by atoms with van der Waals surface area (Å²) >= 11 is 0. The molecule has 12 nitrogen and oxygen atoms in total. The van der Waals surface area contributed by atoms with Crippen LogP contribution in [0.4, 0.5) is 4.79 Å². The quantitative estimate of drug-likeness (QED) is 0.173. The maximum absolute atomic E-state index is 12.6. The molecule has 1 aromatic rings. The van der Waals surface area contributed by atoms with E-state index in [0.717, 1.165) is 30.7 Å². The Labute approximate surface area is 203 Å². The lowest BCUT2D eigenvalue weighted by atomic mass is 9.80. The van der Waals surface area contributed by atoms with Gasteiger partial charge in [0.1, 0.15) is 11.9 Å². The zero-order valence-corrected chi connectivity index (χ0v) is 19.9. The number of carbonyl (C=O) groups excluding carboxylic acids is 2. The number of carboxylic acids is 1. The van der Waals surface area contributed by atoms with Crippen molar-refractivity contribution in [1.29, 1.82) is 0 Å². The highest BCUT2D eigenvalue weighted by atomic mass is 17.0. The number of ether oxygens (including phenoxy) is 2. The second-order valence-corrected chi connectivity index (χ2v) is 8.41. The van der Waals surface area contributed by atoms with Crippen molar-refractivity contribution < 1.29 is 43.7 Å². The molecule has 1 amide bonds. The lowest BCUT2D eigenvalue weighted by Crippen LogP contribution is -2.37. The average Bonchev–Trinajstić information content (AvgIpc) is 2.82. The van der Waals surface area contributed by atoms with Gasteiger partial charge in [0.25, 0.3) is 5.09 Å². The molecular formula is C23H32N2O10. The van der Waals surface area contributed by atoms with E-state index in [4.69, 9.17) is 19.4 Å². The minimum Gasteiger partial charge on any atom is -0.481 e. The molecule has 1 aliphatic rings. The van der Waals surface area contributed by atoms with Gasteiger partial charge in [-0.1, -0.05) is 25.5 Å². The number of benzene rings is 1. The van der Waals surface area contributed by atoms with Crippen LogP contribution in [0.2, 0.25) is 0 Å². The van der Waals surface area contributed by atoms with Crippen LogP contribution >= 0.6 is 0 Å². The van der Waals surface area contributed by atoms with Crippen LogP contribution in [0.5, 0.6) is 5.75 Å². The number of hydrogen-bond acceptors (Lipinski definition) is 9. The van der Waals surface area contributed by atoms with Gasteiger partial charge < -0.3 is 19.4 Å². The van der Waals surface area contributed by atoms with Crippen molar-refractivity contribution in [2.75, 3.05) is 13.7 Å². The summed E-state index contributed by atoms with van der Waals surface area (Å²) < 4.78 is 10.8. The van der Waals surface area contributed by atoms with Crippen molar-refractivity contribution in [2.24, 2.45) is 11.8 Å². The number of rotatable bonds is 14. The molecule has 1 aliphatic carbocycles. The molecule has 0 spiro atoms. The minimum atomic E-state index is -1.18. The van der Waals surface area contributed by atoms with Crippen LogP contribution < -0.4 is 4.74 Å². The summed E-state index contributed by atoms with van der Waals surface area (Å²) in [7, 11) is 1.37. The predicted molar refractivity (Wildman–Crippen MR) is 121 cm³/mol. The fraction of sp³-hybridized carbons (Fsp3) is 0.609. The second-order valence-electron chi connectivity index (χ2n) is 8.41. The third kappa shape index (κ3) is 9.49. The van der Waals surface area contributed by atoms with Gasteiger partial charge in [-0.2, -0.15) is 5.06 Å². The van der Waals surface area contributed by atoms with E-state index in [1.54, 1.807) is 6.92 Å². The summed E-state index contributed by atoms with van der Waals surface area (Å²) in [5, 5.41) is 19.7. The van der Waals surface area contributed by atoms with Crippen LogP contribution in [0.25, 0.3) is 0 Å². The first-order valence-electron chi connectivity index (χ1n) is 11.5. The van der Waals surface area contributed by atoms with Crippen LogP contribution in [0.3, 0.4) is 0 Å². The maximum Gasteiger partial charge on any atom is 0.439 e. The number of carboxylic acid groups (broad SMARTS) is 1. The Kier molecular flexibility index (Phi) is 11.4. The van der Waals surface area contributed by atoms with Crippen LogP contribution in [0, 0.1) is 22.0 Å². The zero-order valence-electron chi connectivity index (χ0n) is 19.9. The largest absolute Gasteiger partial charge is 0.481 e. The molecule has 0 radical (unpaired) electrons. The van der Waals surface area contributed by atoms with Gasteiger partial charge in [-0.15, -0.1) is 10.1 Å². The van der Waals surface area contributed by atoms with E-state index >= 15 is 0 Å². The normalized spacial score (nSPS) is 19.3. The molecule has 0 saturated heterocycles. The van der Waals surface area contributed by atoms with E-state index in [-0.39, 0.29) is 30.4 Å². The maximum atomic E-state index is 12.6. The topological polar surface area (TPSA) is 155 Å². The Morgan fingerprint density at radius 3 is 2.34 bits per heavy atom. The Morgan fingerprint density at radius 2 is 1.83 bits per heavy atom. The second kappa shape index (κ2) is 14.2. The summed E-state index contributed by atoms with van der Waals surface area (Å²) in [5.74, 6) is -0.244. The SMILES string of the molecule is CCCC(OC(C=O)c1ccc(OC(=O)N(CC2CCC(CC(=O)O)CC2)OC)cc1)O[N+](=O)[O-]. The summed E-state index contributed by atoms with van der Waals surface area (Å²) in [6, 6.07) is 5.97. The lowest BCUT2D eigenvalue weighted by Gasteiger charge is -2.30. The molecule has 1 fully saturated rings. The molecule has 2 unspecified atom stereocenters. The summed E-state index contributed by atoms with van der Waals surface area (Å²) in [4.78, 5) is 55.2. The molecule has 2 rings (SSSR count). The van der Waals surface area contributed by atoms with Gasteiger partial charge in [0.15, 0.2) is 6.29 Å². The number of hydroxylamine groups is 2. The number of aldehydes is 1. The van der Waals surface area contributed by atoms with Crippen LogP contribution in [-0.2, 0) is 24.0 Å². The number of aliphatic carboxylic acids is 1. The van der Waals surface area contributed by atoms with Gasteiger partial charge in [-0.25, -0.2) is 4.79 Å². The first-order valence-corrected chi connectivity index (χ1v) is 11.5. The number of carbonyl (C=O) groups is 3. The van der Waals surface area contributed by atoms with Crippen molar-refractivity contribution in [2.45, 2.75) is 64.3 Å². The van der Waals surface area contributed by atoms with E-state index in [2.05, 4.69) is 4.84 Å². The molecular weight excluding hydrogens is 464 g/mol. The van der Waals surface area contributed by atoms with Crippen molar-refractivity contribution in [3.8, 4) is 5.75 Å². The fourth-order valence-corrected chi connectivity index (χ4v) is 4.03. The third-order valence-electron chi connectivity index (χ3n) is 5.84. The molecule has 0 aromatic heterocycles. The molecule has 12 heteroatoms. The molecule has 0 bridgehead atoms. The Balaban J connectivity index is 1.91. The highest BCUT2D eigenvalue weighted by Crippen LogP contribution is 2.31. The highest BCUT2D eigenvalue weighted by Gasteiger charge is 2.27. The van der Waals surface area contributed by atoms with E-state index in [1.165, 1.54) is 31.4 Å². The smallest absolute Gasteiger partial charge is 0.439 e. The van der Waals surface area contributed by atoms with Gasteiger partial charge >= 0.3 is 12.1 Å². The van der Waals surface area contributed by atoms with Crippen molar-refractivity contribution >= 4 is 18.3 Å². The van der Waals surface area contributed by atoms with E-state index in [9.17, 15) is 24.5 Å². The monoisotopic (exact) mass is 496 g/mol. The predicted octanol–water partition coefficient (Wildman–Crippen LogP) is 3.92. The first kappa shape index (κ1) is 28.0. The number of amides is 1. The fourth-order valence-electron chi connectivity index (χ4n) is 4.03. The standard InChI is InChI=1S/C23H32N2O10/c1-3-4-22(35-25(30)31)34-20(15-26)18-9-11-19(12-10-18)33-23(29)24(32-2)14-17-7-5-16(6-8-17)13-21(27)28/h9-12,15-17,20,22H,3-8,13-14H2,1-2H3,(H,27,28). The molecule has 0 aliphatic heterocycles. The molecule has 35 heavy (non-hydrogen) atoms. The van der Waals surface area contributed by atoms with E-state index < -0.39 is 29.5 Å². The average molecular weight is 497 g/mol. The van der Waals surface area contributed by atoms with Gasteiger partial charge in [-0.3, -0.25) is 14.5 Å². The van der Waals surface area contributed by atoms with Crippen LogP contribution in [0.1, 0.15) is 63.5 Å². The van der Waals surface area contributed by atoms with Crippen molar-refractivity contribution in [3.05, 3.63) is 39.9 Å². The molecule has 194 valence electrons. The first-order chi connectivity index (χ1) is 16.7. The zero-order chi connectivity index (χ0) is 25.8. The molecule has 1 aromatic carbocycles. The summed E-state index contributed by atoms with van der Waals surface area (Å²) in [6.07, 6.45) is 1.64. The Bertz CT molecular complexity index is 839. The van der Waals surface area contributed by atoms with Gasteiger partial charge in [0.2, 0.25) is 6.29 Å². The molecule has 1 N–H and O–H groups in total. The van der Waals surface area contributed by atoms with Crippen LogP contribution in [0.15, 0.2) is 24.3 Å². The van der Waals surface area contributed by atoms with E-state index in [0.29, 0.717) is 24.8 Å².